The van der Waals surface area contributed by atoms with Crippen molar-refractivity contribution in [2.45, 2.75) is 4.21 Å². The number of nitrogens with zero attached hydrogens (tertiary/aromatic N) is 1. The van der Waals surface area contributed by atoms with Gasteiger partial charge in [0.1, 0.15) is 5.00 Å². The fourth-order valence-electron chi connectivity index (χ4n) is 4.47. The topological polar surface area (TPSA) is 37.4 Å². The van der Waals surface area contributed by atoms with E-state index in [0.29, 0.717) is 11.1 Å². The van der Waals surface area contributed by atoms with Gasteiger partial charge in [-0.3, -0.25) is 14.5 Å². The minimum Gasteiger partial charge on any atom is -0.296 e. The Balaban J connectivity index is 1.34. The van der Waals surface area contributed by atoms with Crippen molar-refractivity contribution in [3.8, 4) is 0 Å². The van der Waals surface area contributed by atoms with Crippen LogP contribution in [0.3, 0.4) is 0 Å². The number of fused-ring (bicyclic) bond motifs is 2. The first kappa shape index (κ1) is 24.4. The third-order valence-electron chi connectivity index (χ3n) is 6.23. The second-order valence-electron chi connectivity index (χ2n) is 8.61. The van der Waals surface area contributed by atoms with Gasteiger partial charge >= 0.3 is 0 Å². The number of allylic oxidation sites excluding steroid dienone is 3. The molecule has 0 aliphatic heterocycles. The largest absolute Gasteiger partial charge is 0.296 e. The molecule has 0 N–H and O–H groups in total. The van der Waals surface area contributed by atoms with Gasteiger partial charge in [-0.15, -0.1) is 22.7 Å². The predicted molar refractivity (Wildman–Crippen MR) is 162 cm³/mol. The van der Waals surface area contributed by atoms with Crippen LogP contribution in [0.5, 0.6) is 0 Å². The van der Waals surface area contributed by atoms with Crippen LogP contribution in [0.1, 0.15) is 26.3 Å². The lowest BCUT2D eigenvalue weighted by Crippen LogP contribution is -2.13. The van der Waals surface area contributed by atoms with Crippen LogP contribution in [0.15, 0.2) is 129 Å². The van der Waals surface area contributed by atoms with E-state index in [2.05, 4.69) is 34.4 Å². The third kappa shape index (κ3) is 4.58. The number of thioether (sulfide) groups is 1. The maximum Gasteiger partial charge on any atom is 0.197 e. The predicted octanol–water partition coefficient (Wildman–Crippen LogP) is 9.38. The first-order chi connectivity index (χ1) is 18.6. The number of ketones is 2. The Morgan fingerprint density at radius 2 is 1.45 bits per heavy atom. The lowest BCUT2D eigenvalue weighted by molar-refractivity contribution is 0.0990. The van der Waals surface area contributed by atoms with Crippen LogP contribution in [0.4, 0.5) is 10.7 Å². The molecule has 0 radical (unpaired) electrons. The molecule has 0 saturated carbocycles. The molecule has 0 amide bonds. The van der Waals surface area contributed by atoms with Gasteiger partial charge in [-0.05, 0) is 81.7 Å². The first-order valence-electron chi connectivity index (χ1n) is 11.9. The number of hydrogen-bond acceptors (Lipinski definition) is 6. The van der Waals surface area contributed by atoms with Gasteiger partial charge in [0.25, 0.3) is 0 Å². The first-order valence-corrected chi connectivity index (χ1v) is 14.5. The van der Waals surface area contributed by atoms with Gasteiger partial charge < -0.3 is 0 Å². The monoisotopic (exact) mass is 547 g/mol. The molecule has 0 atom stereocenters. The molecular formula is C32H21NO2S3. The Kier molecular flexibility index (Phi) is 6.68. The minimum absolute atomic E-state index is 0.207. The van der Waals surface area contributed by atoms with E-state index in [1.807, 2.05) is 78.9 Å². The summed E-state index contributed by atoms with van der Waals surface area (Å²) < 4.78 is 1.19. The van der Waals surface area contributed by atoms with E-state index in [1.54, 1.807) is 46.6 Å². The van der Waals surface area contributed by atoms with E-state index in [9.17, 15) is 9.59 Å². The number of rotatable bonds is 7. The Morgan fingerprint density at radius 3 is 2.03 bits per heavy atom. The minimum atomic E-state index is -0.219. The van der Waals surface area contributed by atoms with Crippen molar-refractivity contribution in [1.29, 1.82) is 0 Å². The number of hydrogen-bond donors (Lipinski definition) is 0. The molecule has 2 heterocycles. The number of thiophene rings is 2. The van der Waals surface area contributed by atoms with Crippen molar-refractivity contribution in [1.82, 2.24) is 0 Å². The number of carbonyl (C=O) groups excluding carboxylic acids is 2. The molecule has 0 saturated heterocycles. The van der Waals surface area contributed by atoms with Crippen molar-refractivity contribution in [2.24, 2.45) is 0 Å². The van der Waals surface area contributed by atoms with E-state index in [0.717, 1.165) is 32.1 Å². The van der Waals surface area contributed by atoms with Gasteiger partial charge in [-0.2, -0.15) is 0 Å². The molecule has 1 aliphatic rings. The summed E-state index contributed by atoms with van der Waals surface area (Å²) in [4.78, 5) is 28.6. The summed E-state index contributed by atoms with van der Waals surface area (Å²) in [5.74, 6) is -0.438. The molecule has 2 aromatic heterocycles. The summed E-state index contributed by atoms with van der Waals surface area (Å²) in [5, 5.41) is 8.14. The Morgan fingerprint density at radius 1 is 0.789 bits per heavy atom. The number of Topliss-reactive ketones (excluding diaryl/α,β-unsaturated/α-hetero) is 2. The summed E-state index contributed by atoms with van der Waals surface area (Å²) in [7, 11) is 0. The van der Waals surface area contributed by atoms with Crippen molar-refractivity contribution in [3.63, 3.8) is 0 Å². The molecule has 6 heteroatoms. The van der Waals surface area contributed by atoms with E-state index >= 15 is 0 Å². The molecule has 0 spiro atoms. The molecule has 3 nitrogen and oxygen atoms in total. The van der Waals surface area contributed by atoms with Crippen LogP contribution in [0.25, 0.3) is 16.8 Å². The van der Waals surface area contributed by atoms with E-state index < -0.39 is 0 Å². The number of anilines is 2. The van der Waals surface area contributed by atoms with E-state index in [1.165, 1.54) is 4.21 Å². The summed E-state index contributed by atoms with van der Waals surface area (Å²) in [6.07, 6.45) is 5.51. The standard InChI is InChI=1S/C32H21NO2S3/c1-2-7-29(38-30-11-6-17-37-30)33(28-10-5-16-36-28)24-14-12-21(13-15-24)18-27-31(34)25-19-22-8-3-4-9-23(22)20-26(25)32(27)35/h2-20H,1H2/b29-7-. The fourth-order valence-corrected chi connectivity index (χ4v) is 7.16. The highest BCUT2D eigenvalue weighted by Gasteiger charge is 2.33. The second kappa shape index (κ2) is 10.4. The Hall–Kier alpha value is -3.97. The lowest BCUT2D eigenvalue weighted by atomic mass is 10.0. The Bertz CT molecular complexity index is 1670. The van der Waals surface area contributed by atoms with Gasteiger partial charge in [-0.25, -0.2) is 0 Å². The lowest BCUT2D eigenvalue weighted by Gasteiger charge is -2.25. The highest BCUT2D eigenvalue weighted by Crippen LogP contribution is 2.42. The van der Waals surface area contributed by atoms with Crippen LogP contribution in [-0.2, 0) is 0 Å². The van der Waals surface area contributed by atoms with Gasteiger partial charge in [0.2, 0.25) is 0 Å². The molecule has 1 aliphatic carbocycles. The molecule has 3 aromatic carbocycles. The van der Waals surface area contributed by atoms with Crippen LogP contribution < -0.4 is 4.90 Å². The van der Waals surface area contributed by atoms with Crippen molar-refractivity contribution in [3.05, 3.63) is 142 Å². The van der Waals surface area contributed by atoms with Gasteiger partial charge in [-0.1, -0.05) is 66.9 Å². The average Bonchev–Trinajstić information content (AvgIpc) is 3.70. The van der Waals surface area contributed by atoms with Crippen molar-refractivity contribution >= 4 is 73.5 Å². The van der Waals surface area contributed by atoms with Crippen molar-refractivity contribution < 1.29 is 9.59 Å². The quantitative estimate of drug-likeness (QED) is 0.0880. The van der Waals surface area contributed by atoms with Gasteiger partial charge in [0.05, 0.1) is 14.8 Å². The second-order valence-corrected chi connectivity index (χ2v) is 11.8. The van der Waals surface area contributed by atoms with Crippen molar-refractivity contribution in [2.75, 3.05) is 4.90 Å². The van der Waals surface area contributed by atoms with Crippen LogP contribution in [-0.4, -0.2) is 11.6 Å². The summed E-state index contributed by atoms with van der Waals surface area (Å²) >= 11 is 5.04. The zero-order valence-corrected chi connectivity index (χ0v) is 22.6. The van der Waals surface area contributed by atoms with Crippen LogP contribution in [0, 0.1) is 0 Å². The van der Waals surface area contributed by atoms with Crippen LogP contribution >= 0.6 is 34.4 Å². The normalized spacial score (nSPS) is 13.2. The third-order valence-corrected chi connectivity index (χ3v) is 9.15. The molecule has 0 fully saturated rings. The van der Waals surface area contributed by atoms with Gasteiger partial charge in [0.15, 0.2) is 11.6 Å². The molecule has 184 valence electrons. The number of benzene rings is 3. The molecule has 0 bridgehead atoms. The molecular weight excluding hydrogens is 527 g/mol. The zero-order valence-electron chi connectivity index (χ0n) is 20.2. The fraction of sp³-hybridized carbons (Fsp3) is 0. The maximum absolute atomic E-state index is 13.2. The summed E-state index contributed by atoms with van der Waals surface area (Å²) in [6.45, 7) is 3.93. The smallest absolute Gasteiger partial charge is 0.197 e. The van der Waals surface area contributed by atoms with E-state index in [-0.39, 0.29) is 17.1 Å². The average molecular weight is 548 g/mol. The SMILES string of the molecule is C=C/C=C(\Sc1cccs1)N(c1ccc(C=C2C(=O)c3cc4ccccc4cc3C2=O)cc1)c1cccs1. The summed E-state index contributed by atoms with van der Waals surface area (Å²) in [5.41, 5.74) is 2.94. The number of carbonyl (C=O) groups is 2. The highest BCUT2D eigenvalue weighted by atomic mass is 32.2. The van der Waals surface area contributed by atoms with Gasteiger partial charge in [0, 0.05) is 16.8 Å². The molecule has 38 heavy (non-hydrogen) atoms. The molecule has 5 aromatic rings. The molecule has 0 unspecified atom stereocenters. The Labute approximate surface area is 233 Å². The van der Waals surface area contributed by atoms with E-state index in [4.69, 9.17) is 0 Å². The summed E-state index contributed by atoms with van der Waals surface area (Å²) in [6, 6.07) is 27.6. The zero-order chi connectivity index (χ0) is 26.1. The molecule has 6 rings (SSSR count). The van der Waals surface area contributed by atoms with Crippen LogP contribution in [0.2, 0.25) is 0 Å². The maximum atomic E-state index is 13.2. The highest BCUT2D eigenvalue weighted by molar-refractivity contribution is 8.04.